The Morgan fingerprint density at radius 3 is 2.33 bits per heavy atom. The topological polar surface area (TPSA) is 26.3 Å². The monoisotopic (exact) mass is 228 g/mol. The van der Waals surface area contributed by atoms with Crippen LogP contribution in [-0.4, -0.2) is 17.1 Å². The summed E-state index contributed by atoms with van der Waals surface area (Å²) in [5.74, 6) is 0.872. The molecule has 0 bridgehead atoms. The Bertz CT molecular complexity index is 321. The Labute approximate surface area is 95.1 Å². The molecular formula is C12H20O2S. The zero-order valence-corrected chi connectivity index (χ0v) is 11.0. The van der Waals surface area contributed by atoms with E-state index in [9.17, 15) is 4.21 Å². The fraction of sp³-hybridized carbons (Fsp3) is 0.500. The van der Waals surface area contributed by atoms with Crippen molar-refractivity contribution in [3.8, 4) is 5.75 Å². The number of rotatable bonds is 3. The molecular weight excluding hydrogens is 208 g/mol. The van der Waals surface area contributed by atoms with E-state index in [1.165, 1.54) is 0 Å². The van der Waals surface area contributed by atoms with Crippen LogP contribution in [0, 0.1) is 6.92 Å². The number of hydrogen-bond donors (Lipinski definition) is 0. The van der Waals surface area contributed by atoms with E-state index in [0.717, 1.165) is 16.2 Å². The molecule has 0 saturated carbocycles. The highest BCUT2D eigenvalue weighted by atomic mass is 32.2. The first-order valence-electron chi connectivity index (χ1n) is 5.22. The molecule has 1 unspecified atom stereocenters. The molecule has 0 radical (unpaired) electrons. The third kappa shape index (κ3) is 4.47. The van der Waals surface area contributed by atoms with E-state index in [4.69, 9.17) is 4.74 Å². The second-order valence-electron chi connectivity index (χ2n) is 2.81. The maximum atomic E-state index is 11.1. The van der Waals surface area contributed by atoms with Crippen molar-refractivity contribution in [2.75, 3.05) is 12.9 Å². The van der Waals surface area contributed by atoms with Gasteiger partial charge < -0.3 is 4.74 Å². The van der Waals surface area contributed by atoms with Gasteiger partial charge in [0, 0.05) is 22.0 Å². The highest BCUT2D eigenvalue weighted by Gasteiger charge is 2.02. The molecule has 0 aliphatic rings. The van der Waals surface area contributed by atoms with Gasteiger partial charge in [-0.3, -0.25) is 4.21 Å². The lowest BCUT2D eigenvalue weighted by Crippen LogP contribution is -1.95. The average Bonchev–Trinajstić information content (AvgIpc) is 2.24. The van der Waals surface area contributed by atoms with E-state index < -0.39 is 10.8 Å². The van der Waals surface area contributed by atoms with Gasteiger partial charge in [0.05, 0.1) is 6.61 Å². The van der Waals surface area contributed by atoms with E-state index >= 15 is 0 Å². The van der Waals surface area contributed by atoms with E-state index in [0.29, 0.717) is 6.61 Å². The minimum atomic E-state index is -0.907. The SMILES string of the molecule is CC.CCOc1ccc(S(C)=O)cc1C. The largest absolute Gasteiger partial charge is 0.494 e. The first-order valence-corrected chi connectivity index (χ1v) is 6.78. The molecule has 0 amide bonds. The summed E-state index contributed by atoms with van der Waals surface area (Å²) in [7, 11) is -0.907. The van der Waals surface area contributed by atoms with Crippen molar-refractivity contribution >= 4 is 10.8 Å². The second-order valence-corrected chi connectivity index (χ2v) is 4.19. The zero-order valence-electron chi connectivity index (χ0n) is 10.2. The highest BCUT2D eigenvalue weighted by Crippen LogP contribution is 2.20. The molecule has 3 heteroatoms. The minimum Gasteiger partial charge on any atom is -0.494 e. The van der Waals surface area contributed by atoms with Gasteiger partial charge in [0.25, 0.3) is 0 Å². The van der Waals surface area contributed by atoms with Gasteiger partial charge in [-0.15, -0.1) is 0 Å². The first kappa shape index (κ1) is 14.2. The van der Waals surface area contributed by atoms with Gasteiger partial charge in [-0.2, -0.15) is 0 Å². The summed E-state index contributed by atoms with van der Waals surface area (Å²) in [5, 5.41) is 0. The summed E-state index contributed by atoms with van der Waals surface area (Å²) >= 11 is 0. The molecule has 86 valence electrons. The predicted molar refractivity (Wildman–Crippen MR) is 66.0 cm³/mol. The zero-order chi connectivity index (χ0) is 11.8. The van der Waals surface area contributed by atoms with Crippen molar-refractivity contribution in [2.45, 2.75) is 32.6 Å². The van der Waals surface area contributed by atoms with Crippen LogP contribution in [-0.2, 0) is 10.8 Å². The summed E-state index contributed by atoms with van der Waals surface area (Å²) in [6.45, 7) is 8.57. The fourth-order valence-electron chi connectivity index (χ4n) is 1.12. The number of ether oxygens (including phenoxy) is 1. The summed E-state index contributed by atoms with van der Waals surface area (Å²) in [5.41, 5.74) is 1.04. The summed E-state index contributed by atoms with van der Waals surface area (Å²) in [6.07, 6.45) is 1.68. The highest BCUT2D eigenvalue weighted by molar-refractivity contribution is 7.84. The third-order valence-electron chi connectivity index (χ3n) is 1.78. The van der Waals surface area contributed by atoms with Crippen LogP contribution in [0.4, 0.5) is 0 Å². The van der Waals surface area contributed by atoms with Gasteiger partial charge in [-0.25, -0.2) is 0 Å². The third-order valence-corrected chi connectivity index (χ3v) is 2.70. The summed E-state index contributed by atoms with van der Waals surface area (Å²) in [4.78, 5) is 0.848. The maximum absolute atomic E-state index is 11.1. The minimum absolute atomic E-state index is 0.662. The molecule has 0 aliphatic heterocycles. The van der Waals surface area contributed by atoms with Crippen molar-refractivity contribution in [1.82, 2.24) is 0 Å². The summed E-state index contributed by atoms with van der Waals surface area (Å²) < 4.78 is 16.5. The molecule has 1 aromatic rings. The standard InChI is InChI=1S/C10H14O2S.C2H6/c1-4-12-10-6-5-9(13(3)11)7-8(10)2;1-2/h5-7H,4H2,1-3H3;1-2H3. The lowest BCUT2D eigenvalue weighted by atomic mass is 10.2. The number of aryl methyl sites for hydroxylation is 1. The lowest BCUT2D eigenvalue weighted by molar-refractivity contribution is 0.337. The van der Waals surface area contributed by atoms with Crippen LogP contribution in [0.1, 0.15) is 26.3 Å². The fourth-order valence-corrected chi connectivity index (χ4v) is 1.72. The van der Waals surface area contributed by atoms with Crippen molar-refractivity contribution in [1.29, 1.82) is 0 Å². The van der Waals surface area contributed by atoms with E-state index in [2.05, 4.69) is 0 Å². The maximum Gasteiger partial charge on any atom is 0.122 e. The Balaban J connectivity index is 0.000000921. The van der Waals surface area contributed by atoms with Crippen LogP contribution in [0.3, 0.4) is 0 Å². The van der Waals surface area contributed by atoms with Gasteiger partial charge >= 0.3 is 0 Å². The van der Waals surface area contributed by atoms with Crippen LogP contribution >= 0.6 is 0 Å². The number of benzene rings is 1. The van der Waals surface area contributed by atoms with Gasteiger partial charge in [0.2, 0.25) is 0 Å². The lowest BCUT2D eigenvalue weighted by Gasteiger charge is -2.07. The van der Waals surface area contributed by atoms with E-state index in [1.807, 2.05) is 45.9 Å². The van der Waals surface area contributed by atoms with Crippen LogP contribution in [0.5, 0.6) is 5.75 Å². The molecule has 0 spiro atoms. The smallest absolute Gasteiger partial charge is 0.122 e. The van der Waals surface area contributed by atoms with Crippen molar-refractivity contribution in [3.05, 3.63) is 23.8 Å². The molecule has 0 heterocycles. The Hall–Kier alpha value is -0.830. The molecule has 0 N–H and O–H groups in total. The molecule has 0 saturated heterocycles. The van der Waals surface area contributed by atoms with Crippen molar-refractivity contribution < 1.29 is 8.95 Å². The van der Waals surface area contributed by atoms with Gasteiger partial charge in [0.15, 0.2) is 0 Å². The van der Waals surface area contributed by atoms with Crippen molar-refractivity contribution in [3.63, 3.8) is 0 Å². The number of hydrogen-bond acceptors (Lipinski definition) is 2. The average molecular weight is 228 g/mol. The Kier molecular flexibility index (Phi) is 7.05. The van der Waals surface area contributed by atoms with E-state index in [-0.39, 0.29) is 0 Å². The molecule has 1 aromatic carbocycles. The molecule has 0 aliphatic carbocycles. The molecule has 1 atom stereocenters. The Morgan fingerprint density at radius 1 is 1.33 bits per heavy atom. The van der Waals surface area contributed by atoms with Gasteiger partial charge in [-0.05, 0) is 37.6 Å². The Morgan fingerprint density at radius 2 is 1.93 bits per heavy atom. The molecule has 2 nitrogen and oxygen atoms in total. The molecule has 0 fully saturated rings. The molecule has 0 aromatic heterocycles. The first-order chi connectivity index (χ1) is 7.15. The second kappa shape index (κ2) is 7.46. The van der Waals surface area contributed by atoms with Crippen LogP contribution < -0.4 is 4.74 Å². The summed E-state index contributed by atoms with van der Waals surface area (Å²) in [6, 6.07) is 5.62. The van der Waals surface area contributed by atoms with Crippen LogP contribution in [0.2, 0.25) is 0 Å². The molecule has 1 rings (SSSR count). The van der Waals surface area contributed by atoms with E-state index in [1.54, 1.807) is 6.26 Å². The van der Waals surface area contributed by atoms with Gasteiger partial charge in [-0.1, -0.05) is 13.8 Å². The van der Waals surface area contributed by atoms with Crippen LogP contribution in [0.15, 0.2) is 23.1 Å². The van der Waals surface area contributed by atoms with Crippen molar-refractivity contribution in [2.24, 2.45) is 0 Å². The molecule has 15 heavy (non-hydrogen) atoms. The van der Waals surface area contributed by atoms with Crippen LogP contribution in [0.25, 0.3) is 0 Å². The predicted octanol–water partition coefficient (Wildman–Crippen LogP) is 3.16. The normalized spacial score (nSPS) is 11.3. The quantitative estimate of drug-likeness (QED) is 0.794. The van der Waals surface area contributed by atoms with Gasteiger partial charge in [0.1, 0.15) is 5.75 Å².